The zero-order valence-corrected chi connectivity index (χ0v) is 18.3. The van der Waals surface area contributed by atoms with E-state index in [4.69, 9.17) is 15.2 Å². The number of nitrogens with zero attached hydrogens (tertiary/aromatic N) is 1. The number of benzene rings is 2. The second-order valence-corrected chi connectivity index (χ2v) is 7.43. The van der Waals surface area contributed by atoms with Crippen LogP contribution in [-0.4, -0.2) is 24.7 Å². The number of nitrogens with two attached hydrogens (primary N) is 1. The van der Waals surface area contributed by atoms with Crippen LogP contribution in [0.4, 0.5) is 26.3 Å². The number of amides is 1. The van der Waals surface area contributed by atoms with Crippen molar-refractivity contribution in [2.75, 3.05) is 14.2 Å². The van der Waals surface area contributed by atoms with Gasteiger partial charge >= 0.3 is 12.4 Å². The minimum atomic E-state index is -5.02. The maximum atomic E-state index is 13.4. The largest absolute Gasteiger partial charge is 0.493 e. The van der Waals surface area contributed by atoms with Gasteiger partial charge in [0.15, 0.2) is 11.5 Å². The highest BCUT2D eigenvalue weighted by Crippen LogP contribution is 2.40. The summed E-state index contributed by atoms with van der Waals surface area (Å²) in [4.78, 5) is 12.0. The minimum absolute atomic E-state index is 0.0390. The molecule has 3 rings (SSSR count). The normalized spacial score (nSPS) is 12.0. The first-order valence-electron chi connectivity index (χ1n) is 9.77. The van der Waals surface area contributed by atoms with Gasteiger partial charge < -0.3 is 19.8 Å². The molecule has 0 bridgehead atoms. The number of primary amides is 1. The van der Waals surface area contributed by atoms with Crippen LogP contribution in [0, 0.1) is 6.92 Å². The van der Waals surface area contributed by atoms with Crippen LogP contribution < -0.4 is 15.2 Å². The van der Waals surface area contributed by atoms with Gasteiger partial charge in [-0.05, 0) is 42.8 Å². The second kappa shape index (κ2) is 8.96. The molecule has 0 saturated carbocycles. The fourth-order valence-corrected chi connectivity index (χ4v) is 3.69. The van der Waals surface area contributed by atoms with Gasteiger partial charge in [0.1, 0.15) is 0 Å². The van der Waals surface area contributed by atoms with Crippen molar-refractivity contribution in [3.8, 4) is 22.8 Å². The molecule has 34 heavy (non-hydrogen) atoms. The summed E-state index contributed by atoms with van der Waals surface area (Å²) >= 11 is 0. The van der Waals surface area contributed by atoms with Gasteiger partial charge in [0.05, 0.1) is 37.5 Å². The van der Waals surface area contributed by atoms with Gasteiger partial charge in [-0.2, -0.15) is 26.3 Å². The number of rotatable bonds is 6. The van der Waals surface area contributed by atoms with E-state index in [2.05, 4.69) is 0 Å². The third-order valence-electron chi connectivity index (χ3n) is 5.33. The average molecular weight is 486 g/mol. The Labute approximate surface area is 190 Å². The van der Waals surface area contributed by atoms with E-state index in [0.29, 0.717) is 29.2 Å². The van der Waals surface area contributed by atoms with Crippen molar-refractivity contribution in [3.63, 3.8) is 0 Å². The van der Waals surface area contributed by atoms with Gasteiger partial charge in [0, 0.05) is 17.0 Å². The number of alkyl halides is 6. The number of halogens is 6. The van der Waals surface area contributed by atoms with Gasteiger partial charge in [-0.1, -0.05) is 12.1 Å². The molecule has 0 spiro atoms. The van der Waals surface area contributed by atoms with Crippen molar-refractivity contribution in [1.82, 2.24) is 4.57 Å². The van der Waals surface area contributed by atoms with Crippen LogP contribution in [-0.2, 0) is 18.9 Å². The zero-order chi connectivity index (χ0) is 25.4. The van der Waals surface area contributed by atoms with Crippen molar-refractivity contribution in [3.05, 3.63) is 70.4 Å². The summed E-state index contributed by atoms with van der Waals surface area (Å²) in [6, 6.07) is 7.37. The van der Waals surface area contributed by atoms with Crippen molar-refractivity contribution in [2.24, 2.45) is 5.73 Å². The molecule has 0 radical (unpaired) electrons. The van der Waals surface area contributed by atoms with Gasteiger partial charge in [-0.3, -0.25) is 4.79 Å². The topological polar surface area (TPSA) is 66.5 Å². The number of carbonyl (C=O) groups is 1. The van der Waals surface area contributed by atoms with Gasteiger partial charge in [0.25, 0.3) is 5.91 Å². The van der Waals surface area contributed by atoms with Gasteiger partial charge in [-0.15, -0.1) is 0 Å². The Morgan fingerprint density at radius 3 is 2.00 bits per heavy atom. The molecule has 0 aliphatic carbocycles. The standard InChI is InChI=1S/C23H20F6N2O3/c1-12-17(21(30)32)10-18(31(12)11-13-5-4-6-19(33-2)20(13)34-3)14-7-15(22(24,25)26)9-16(8-14)23(27,28)29/h4-10H,11H2,1-3H3,(H2,30,32). The molecule has 0 saturated heterocycles. The Balaban J connectivity index is 2.29. The number of hydrogen-bond acceptors (Lipinski definition) is 3. The van der Waals surface area contributed by atoms with Crippen LogP contribution in [0.3, 0.4) is 0 Å². The Kier molecular flexibility index (Phi) is 6.59. The van der Waals surface area contributed by atoms with Gasteiger partial charge in [-0.25, -0.2) is 0 Å². The Bertz CT molecular complexity index is 1200. The van der Waals surface area contributed by atoms with E-state index in [1.54, 1.807) is 18.2 Å². The van der Waals surface area contributed by atoms with E-state index in [0.717, 1.165) is 0 Å². The first-order chi connectivity index (χ1) is 15.8. The van der Waals surface area contributed by atoms with Crippen molar-refractivity contribution in [2.45, 2.75) is 25.8 Å². The molecule has 0 fully saturated rings. The lowest BCUT2D eigenvalue weighted by molar-refractivity contribution is -0.143. The van der Waals surface area contributed by atoms with E-state index in [-0.39, 0.29) is 35.1 Å². The minimum Gasteiger partial charge on any atom is -0.493 e. The first kappa shape index (κ1) is 25.0. The summed E-state index contributed by atoms with van der Waals surface area (Å²) in [6.45, 7) is 1.45. The average Bonchev–Trinajstić information content (AvgIpc) is 3.08. The molecule has 2 N–H and O–H groups in total. The van der Waals surface area contributed by atoms with E-state index in [9.17, 15) is 31.1 Å². The molecule has 5 nitrogen and oxygen atoms in total. The lowest BCUT2D eigenvalue weighted by Crippen LogP contribution is -2.13. The molecule has 1 heterocycles. The Morgan fingerprint density at radius 2 is 1.53 bits per heavy atom. The molecule has 0 atom stereocenters. The maximum Gasteiger partial charge on any atom is 0.416 e. The molecule has 1 aromatic heterocycles. The number of methoxy groups -OCH3 is 2. The highest BCUT2D eigenvalue weighted by molar-refractivity contribution is 5.95. The van der Waals surface area contributed by atoms with Crippen molar-refractivity contribution < 1.29 is 40.6 Å². The molecule has 0 aliphatic heterocycles. The van der Waals surface area contributed by atoms with Crippen LogP contribution in [0.15, 0.2) is 42.5 Å². The van der Waals surface area contributed by atoms with Crippen LogP contribution in [0.1, 0.15) is 32.7 Å². The molecule has 0 aliphatic rings. The lowest BCUT2D eigenvalue weighted by Gasteiger charge is -2.18. The van der Waals surface area contributed by atoms with Gasteiger partial charge in [0.2, 0.25) is 0 Å². The highest BCUT2D eigenvalue weighted by atomic mass is 19.4. The van der Waals surface area contributed by atoms with Crippen molar-refractivity contribution >= 4 is 5.91 Å². The Morgan fingerprint density at radius 1 is 0.941 bits per heavy atom. The third kappa shape index (κ3) is 4.82. The molecular weight excluding hydrogens is 466 g/mol. The molecule has 11 heteroatoms. The van der Waals surface area contributed by atoms with E-state index < -0.39 is 29.4 Å². The second-order valence-electron chi connectivity index (χ2n) is 7.43. The molecule has 3 aromatic rings. The van der Waals surface area contributed by atoms with E-state index in [1.165, 1.54) is 31.8 Å². The van der Waals surface area contributed by atoms with Crippen LogP contribution in [0.25, 0.3) is 11.3 Å². The SMILES string of the molecule is COc1cccc(Cn2c(-c3cc(C(F)(F)F)cc(C(F)(F)F)c3)cc(C(N)=O)c2C)c1OC. The van der Waals surface area contributed by atoms with E-state index >= 15 is 0 Å². The molecule has 0 unspecified atom stereocenters. The molecule has 1 amide bonds. The number of carbonyl (C=O) groups excluding carboxylic acids is 1. The zero-order valence-electron chi connectivity index (χ0n) is 18.3. The van der Waals surface area contributed by atoms with Crippen LogP contribution in [0.5, 0.6) is 11.5 Å². The summed E-state index contributed by atoms with van der Waals surface area (Å²) < 4.78 is 92.5. The highest BCUT2D eigenvalue weighted by Gasteiger charge is 2.37. The number of hydrogen-bond donors (Lipinski definition) is 1. The predicted molar refractivity (Wildman–Crippen MR) is 112 cm³/mol. The fraction of sp³-hybridized carbons (Fsp3) is 0.261. The molecular formula is C23H20F6N2O3. The smallest absolute Gasteiger partial charge is 0.416 e. The summed E-state index contributed by atoms with van der Waals surface area (Å²) in [7, 11) is 2.81. The summed E-state index contributed by atoms with van der Waals surface area (Å²) in [5.74, 6) is -0.178. The molecule has 182 valence electrons. The summed E-state index contributed by atoms with van der Waals surface area (Å²) in [6.07, 6.45) is -10.0. The Hall–Kier alpha value is -3.63. The van der Waals surface area contributed by atoms with Crippen molar-refractivity contribution in [1.29, 1.82) is 0 Å². The summed E-state index contributed by atoms with van der Waals surface area (Å²) in [5.41, 5.74) is 2.79. The number of para-hydroxylation sites is 1. The monoisotopic (exact) mass is 486 g/mol. The maximum absolute atomic E-state index is 13.4. The number of ether oxygens (including phenoxy) is 2. The fourth-order valence-electron chi connectivity index (χ4n) is 3.69. The predicted octanol–water partition coefficient (Wildman–Crippen LogP) is 5.67. The third-order valence-corrected chi connectivity index (χ3v) is 5.33. The quantitative estimate of drug-likeness (QED) is 0.457. The molecule has 2 aromatic carbocycles. The number of aromatic nitrogens is 1. The van der Waals surface area contributed by atoms with Crippen LogP contribution >= 0.6 is 0 Å². The summed E-state index contributed by atoms with van der Waals surface area (Å²) in [5, 5.41) is 0. The van der Waals surface area contributed by atoms with E-state index in [1.807, 2.05) is 0 Å². The van der Waals surface area contributed by atoms with Crippen LogP contribution in [0.2, 0.25) is 0 Å². The lowest BCUT2D eigenvalue weighted by atomic mass is 10.0. The first-order valence-corrected chi connectivity index (χ1v) is 9.77.